The first-order valence-corrected chi connectivity index (χ1v) is 6.95. The molecule has 0 bridgehead atoms. The minimum atomic E-state index is 0.555. The fourth-order valence-electron chi connectivity index (χ4n) is 2.68. The van der Waals surface area contributed by atoms with E-state index in [1.54, 1.807) is 7.11 Å². The predicted octanol–water partition coefficient (Wildman–Crippen LogP) is 3.51. The summed E-state index contributed by atoms with van der Waals surface area (Å²) in [5.74, 6) is 2.25. The molecule has 0 heterocycles. The maximum Gasteiger partial charge on any atom is 0.122 e. The molecule has 2 nitrogen and oxygen atoms in total. The van der Waals surface area contributed by atoms with Crippen LogP contribution in [0.25, 0.3) is 0 Å². The lowest BCUT2D eigenvalue weighted by atomic mass is 9.87. The van der Waals surface area contributed by atoms with Gasteiger partial charge in [-0.1, -0.05) is 45.9 Å². The van der Waals surface area contributed by atoms with E-state index in [-0.39, 0.29) is 0 Å². The van der Waals surface area contributed by atoms with Crippen molar-refractivity contribution in [3.63, 3.8) is 0 Å². The number of rotatable bonds is 7. The zero-order valence-electron chi connectivity index (χ0n) is 12.4. The monoisotopic (exact) mass is 249 g/mol. The average Bonchev–Trinajstić information content (AvgIpc) is 2.36. The van der Waals surface area contributed by atoms with Crippen molar-refractivity contribution in [1.82, 2.24) is 5.32 Å². The highest BCUT2D eigenvalue weighted by Crippen LogP contribution is 2.24. The molecule has 0 amide bonds. The van der Waals surface area contributed by atoms with E-state index in [1.165, 1.54) is 5.56 Å². The van der Waals surface area contributed by atoms with Gasteiger partial charge < -0.3 is 10.1 Å². The molecule has 2 atom stereocenters. The van der Waals surface area contributed by atoms with Gasteiger partial charge in [0.25, 0.3) is 0 Å². The second-order valence-corrected chi connectivity index (χ2v) is 5.32. The fourth-order valence-corrected chi connectivity index (χ4v) is 2.68. The first-order chi connectivity index (χ1) is 8.60. The van der Waals surface area contributed by atoms with Gasteiger partial charge in [0.1, 0.15) is 5.75 Å². The number of para-hydroxylation sites is 1. The highest BCUT2D eigenvalue weighted by molar-refractivity contribution is 5.33. The molecule has 102 valence electrons. The Morgan fingerprint density at radius 2 is 1.83 bits per heavy atom. The van der Waals surface area contributed by atoms with Crippen LogP contribution in [0.3, 0.4) is 0 Å². The average molecular weight is 249 g/mol. The van der Waals surface area contributed by atoms with Crippen molar-refractivity contribution in [3.8, 4) is 5.75 Å². The van der Waals surface area contributed by atoms with Gasteiger partial charge in [0.05, 0.1) is 7.11 Å². The van der Waals surface area contributed by atoms with Crippen LogP contribution in [0.15, 0.2) is 24.3 Å². The topological polar surface area (TPSA) is 21.3 Å². The minimum absolute atomic E-state index is 0.555. The molecular formula is C16H27NO. The molecule has 18 heavy (non-hydrogen) atoms. The molecule has 2 heteroatoms. The first-order valence-electron chi connectivity index (χ1n) is 6.95. The Kier molecular flexibility index (Phi) is 6.20. The molecule has 1 aromatic carbocycles. The summed E-state index contributed by atoms with van der Waals surface area (Å²) in [6.45, 7) is 10.1. The van der Waals surface area contributed by atoms with Gasteiger partial charge in [0, 0.05) is 6.04 Å². The lowest BCUT2D eigenvalue weighted by Gasteiger charge is -2.28. The summed E-state index contributed by atoms with van der Waals surface area (Å²) in [5.41, 5.74) is 1.30. The molecule has 0 aliphatic carbocycles. The van der Waals surface area contributed by atoms with Crippen LogP contribution in [0.2, 0.25) is 0 Å². The number of ether oxygens (including phenoxy) is 1. The summed E-state index contributed by atoms with van der Waals surface area (Å²) in [4.78, 5) is 0. The zero-order chi connectivity index (χ0) is 13.5. The number of hydrogen-bond acceptors (Lipinski definition) is 2. The Bertz CT molecular complexity index is 349. The third-order valence-electron chi connectivity index (χ3n) is 3.51. The van der Waals surface area contributed by atoms with E-state index in [9.17, 15) is 0 Å². The van der Waals surface area contributed by atoms with Crippen molar-refractivity contribution in [3.05, 3.63) is 29.8 Å². The van der Waals surface area contributed by atoms with E-state index >= 15 is 0 Å². The molecule has 1 N–H and O–H groups in total. The quantitative estimate of drug-likeness (QED) is 0.798. The molecule has 0 aromatic heterocycles. The lowest BCUT2D eigenvalue weighted by molar-refractivity contribution is 0.299. The number of nitrogens with one attached hydrogen (secondary N) is 1. The van der Waals surface area contributed by atoms with Gasteiger partial charge in [-0.05, 0) is 36.4 Å². The van der Waals surface area contributed by atoms with Gasteiger partial charge in [0.15, 0.2) is 0 Å². The third-order valence-corrected chi connectivity index (χ3v) is 3.51. The van der Waals surface area contributed by atoms with Crippen LogP contribution in [0.1, 0.15) is 33.3 Å². The summed E-state index contributed by atoms with van der Waals surface area (Å²) in [6.07, 6.45) is 1.06. The normalized spacial score (nSPS) is 14.6. The third kappa shape index (κ3) is 4.02. The Morgan fingerprint density at radius 1 is 1.17 bits per heavy atom. The molecule has 0 saturated carbocycles. The van der Waals surface area contributed by atoms with E-state index in [4.69, 9.17) is 4.74 Å². The molecule has 0 saturated heterocycles. The summed E-state index contributed by atoms with van der Waals surface area (Å²) >= 11 is 0. The number of benzene rings is 1. The molecule has 0 radical (unpaired) electrons. The van der Waals surface area contributed by atoms with Crippen LogP contribution in [0.4, 0.5) is 0 Å². The Morgan fingerprint density at radius 3 is 2.39 bits per heavy atom. The number of hydrogen-bond donors (Lipinski definition) is 1. The lowest BCUT2D eigenvalue weighted by Crippen LogP contribution is -2.40. The summed E-state index contributed by atoms with van der Waals surface area (Å²) in [5, 5.41) is 3.60. The van der Waals surface area contributed by atoms with Crippen molar-refractivity contribution < 1.29 is 4.74 Å². The Hall–Kier alpha value is -1.02. The molecule has 2 unspecified atom stereocenters. The van der Waals surface area contributed by atoms with Gasteiger partial charge in [-0.25, -0.2) is 0 Å². The molecule has 1 aromatic rings. The molecule has 0 spiro atoms. The maximum atomic E-state index is 5.43. The maximum absolute atomic E-state index is 5.43. The van der Waals surface area contributed by atoms with Crippen LogP contribution in [0.5, 0.6) is 5.75 Å². The van der Waals surface area contributed by atoms with E-state index in [2.05, 4.69) is 45.1 Å². The minimum Gasteiger partial charge on any atom is -0.496 e. The van der Waals surface area contributed by atoms with Gasteiger partial charge in [-0.15, -0.1) is 0 Å². The Labute approximate surface area is 112 Å². The fraction of sp³-hybridized carbons (Fsp3) is 0.625. The number of methoxy groups -OCH3 is 1. The highest BCUT2D eigenvalue weighted by Gasteiger charge is 2.20. The highest BCUT2D eigenvalue weighted by atomic mass is 16.5. The summed E-state index contributed by atoms with van der Waals surface area (Å²) < 4.78 is 5.43. The second kappa shape index (κ2) is 7.42. The van der Waals surface area contributed by atoms with E-state index in [0.29, 0.717) is 17.9 Å². The van der Waals surface area contributed by atoms with Crippen LogP contribution >= 0.6 is 0 Å². The van der Waals surface area contributed by atoms with Gasteiger partial charge in [-0.2, -0.15) is 0 Å². The summed E-state index contributed by atoms with van der Waals surface area (Å²) in [6, 6.07) is 8.87. The predicted molar refractivity (Wildman–Crippen MR) is 78.2 cm³/mol. The molecule has 0 aliphatic rings. The van der Waals surface area contributed by atoms with Crippen molar-refractivity contribution in [2.75, 3.05) is 13.7 Å². The largest absolute Gasteiger partial charge is 0.496 e. The van der Waals surface area contributed by atoms with Gasteiger partial charge in [-0.3, -0.25) is 0 Å². The van der Waals surface area contributed by atoms with Gasteiger partial charge >= 0.3 is 0 Å². The van der Waals surface area contributed by atoms with Crippen LogP contribution in [-0.4, -0.2) is 19.7 Å². The standard InChI is InChI=1S/C16H27NO/c1-6-17-16(12(2)3)13(4)11-14-9-7-8-10-15(14)18-5/h7-10,12-13,16-17H,6,11H2,1-5H3. The van der Waals surface area contributed by atoms with E-state index in [0.717, 1.165) is 18.7 Å². The zero-order valence-corrected chi connectivity index (χ0v) is 12.4. The molecule has 0 fully saturated rings. The SMILES string of the molecule is CCNC(C(C)C)C(C)Cc1ccccc1OC. The first kappa shape index (κ1) is 15.0. The van der Waals surface area contributed by atoms with Crippen molar-refractivity contribution in [2.24, 2.45) is 11.8 Å². The molecular weight excluding hydrogens is 222 g/mol. The van der Waals surface area contributed by atoms with Crippen molar-refractivity contribution in [1.29, 1.82) is 0 Å². The smallest absolute Gasteiger partial charge is 0.122 e. The molecule has 1 rings (SSSR count). The van der Waals surface area contributed by atoms with Crippen molar-refractivity contribution in [2.45, 2.75) is 40.2 Å². The van der Waals surface area contributed by atoms with Crippen LogP contribution in [-0.2, 0) is 6.42 Å². The Balaban J connectivity index is 2.75. The van der Waals surface area contributed by atoms with E-state index < -0.39 is 0 Å². The molecule has 0 aliphatic heterocycles. The van der Waals surface area contributed by atoms with E-state index in [1.807, 2.05) is 12.1 Å². The van der Waals surface area contributed by atoms with Gasteiger partial charge in [0.2, 0.25) is 0 Å². The van der Waals surface area contributed by atoms with Crippen molar-refractivity contribution >= 4 is 0 Å². The summed E-state index contributed by atoms with van der Waals surface area (Å²) in [7, 11) is 1.74. The van der Waals surface area contributed by atoms with Crippen LogP contribution in [0, 0.1) is 11.8 Å². The van der Waals surface area contributed by atoms with Crippen LogP contribution < -0.4 is 10.1 Å². The second-order valence-electron chi connectivity index (χ2n) is 5.32.